The van der Waals surface area contributed by atoms with Crippen molar-refractivity contribution in [1.29, 1.82) is 0 Å². The molecule has 12 heavy (non-hydrogen) atoms. The Bertz CT molecular complexity index is 266. The van der Waals surface area contributed by atoms with Crippen molar-refractivity contribution < 1.29 is 0 Å². The van der Waals surface area contributed by atoms with Crippen LogP contribution in [0.3, 0.4) is 0 Å². The zero-order valence-electron chi connectivity index (χ0n) is 7.59. The third kappa shape index (κ3) is 1.47. The van der Waals surface area contributed by atoms with Gasteiger partial charge in [0.05, 0.1) is 0 Å². The first kappa shape index (κ1) is 7.72. The second-order valence-electron chi connectivity index (χ2n) is 3.53. The van der Waals surface area contributed by atoms with Crippen molar-refractivity contribution in [3.8, 4) is 0 Å². The molecule has 1 heterocycles. The van der Waals surface area contributed by atoms with Crippen molar-refractivity contribution in [2.24, 2.45) is 0 Å². The molecule has 1 fully saturated rings. The molecule has 1 nitrogen and oxygen atoms in total. The number of anilines is 1. The molecule has 1 aromatic rings. The van der Waals surface area contributed by atoms with Gasteiger partial charge in [0, 0.05) is 18.8 Å². The van der Waals surface area contributed by atoms with Crippen LogP contribution in [-0.4, -0.2) is 20.9 Å². The molecule has 0 atom stereocenters. The van der Waals surface area contributed by atoms with Crippen molar-refractivity contribution in [2.75, 3.05) is 18.0 Å². The minimum Gasteiger partial charge on any atom is -0.372 e. The lowest BCUT2D eigenvalue weighted by Gasteiger charge is -2.17. The smallest absolute Gasteiger partial charge is 0.139 e. The number of nitrogens with zero attached hydrogens (tertiary/aromatic N) is 1. The first-order valence-electron chi connectivity index (χ1n) is 4.68. The van der Waals surface area contributed by atoms with E-state index in [1.165, 1.54) is 37.1 Å². The van der Waals surface area contributed by atoms with Crippen molar-refractivity contribution in [2.45, 2.75) is 12.8 Å². The quantitative estimate of drug-likeness (QED) is 0.540. The van der Waals surface area contributed by atoms with Gasteiger partial charge in [-0.25, -0.2) is 0 Å². The summed E-state index contributed by atoms with van der Waals surface area (Å²) in [6, 6.07) is 8.77. The molecule has 0 N–H and O–H groups in total. The Morgan fingerprint density at radius 2 is 1.92 bits per heavy atom. The van der Waals surface area contributed by atoms with Crippen LogP contribution in [0.25, 0.3) is 0 Å². The fourth-order valence-corrected chi connectivity index (χ4v) is 1.80. The summed E-state index contributed by atoms with van der Waals surface area (Å²) in [5, 5.41) is 0. The van der Waals surface area contributed by atoms with Crippen LogP contribution in [-0.2, 0) is 0 Å². The van der Waals surface area contributed by atoms with E-state index in [4.69, 9.17) is 0 Å². The molecule has 1 aliphatic rings. The largest absolute Gasteiger partial charge is 0.372 e. The molecule has 0 spiro atoms. The van der Waals surface area contributed by atoms with Crippen LogP contribution in [0.5, 0.6) is 0 Å². The second kappa shape index (κ2) is 3.22. The lowest BCUT2D eigenvalue weighted by atomic mass is 9.96. The van der Waals surface area contributed by atoms with Crippen LogP contribution >= 0.6 is 0 Å². The number of rotatable bonds is 1. The van der Waals surface area contributed by atoms with E-state index in [0.29, 0.717) is 0 Å². The zero-order valence-corrected chi connectivity index (χ0v) is 7.59. The molecule has 0 aromatic heterocycles. The number of benzene rings is 1. The average Bonchev–Trinajstić information content (AvgIpc) is 2.56. The fourth-order valence-electron chi connectivity index (χ4n) is 1.80. The van der Waals surface area contributed by atoms with Gasteiger partial charge in [0.2, 0.25) is 0 Å². The third-order valence-electron chi connectivity index (χ3n) is 2.47. The molecular weight excluding hydrogens is 145 g/mol. The molecule has 62 valence electrons. The Labute approximate surface area is 74.8 Å². The van der Waals surface area contributed by atoms with Gasteiger partial charge >= 0.3 is 0 Å². The fraction of sp³-hybridized carbons (Fsp3) is 0.400. The van der Waals surface area contributed by atoms with E-state index >= 15 is 0 Å². The third-order valence-corrected chi connectivity index (χ3v) is 2.47. The predicted octanol–water partition coefficient (Wildman–Crippen LogP) is 0.545. The van der Waals surface area contributed by atoms with Crippen molar-refractivity contribution >= 4 is 19.0 Å². The maximum absolute atomic E-state index is 2.47. The molecule has 2 rings (SSSR count). The molecular formula is C10H14BN. The highest BCUT2D eigenvalue weighted by Crippen LogP contribution is 2.17. The Hall–Kier alpha value is -0.915. The summed E-state index contributed by atoms with van der Waals surface area (Å²) in [6.45, 7) is 2.48. The normalized spacial score (nSPS) is 16.8. The van der Waals surface area contributed by atoms with E-state index in [1.54, 1.807) is 0 Å². The standard InChI is InChI=1S/C10H14BN/c11-9-4-3-5-10(8-9)12-6-1-2-7-12/h3-5,8H,1-2,6-7,11H2. The molecule has 0 saturated carbocycles. The lowest BCUT2D eigenvalue weighted by Crippen LogP contribution is -2.19. The summed E-state index contributed by atoms with van der Waals surface area (Å²) < 4.78 is 0. The van der Waals surface area contributed by atoms with Gasteiger partial charge in [0.25, 0.3) is 0 Å². The highest BCUT2D eigenvalue weighted by Gasteiger charge is 2.11. The molecule has 1 aliphatic heterocycles. The van der Waals surface area contributed by atoms with Crippen LogP contribution in [0, 0.1) is 0 Å². The minimum atomic E-state index is 1.24. The highest BCUT2D eigenvalue weighted by molar-refractivity contribution is 6.32. The summed E-state index contributed by atoms with van der Waals surface area (Å²) in [5.74, 6) is 0. The van der Waals surface area contributed by atoms with E-state index < -0.39 is 0 Å². The molecule has 0 aliphatic carbocycles. The van der Waals surface area contributed by atoms with Gasteiger partial charge in [-0.1, -0.05) is 17.6 Å². The topological polar surface area (TPSA) is 3.24 Å². The summed E-state index contributed by atoms with van der Waals surface area (Å²) in [7, 11) is 2.15. The first-order chi connectivity index (χ1) is 5.86. The Kier molecular flexibility index (Phi) is 2.07. The average molecular weight is 159 g/mol. The first-order valence-corrected chi connectivity index (χ1v) is 4.68. The summed E-state index contributed by atoms with van der Waals surface area (Å²) in [6.07, 6.45) is 2.71. The van der Waals surface area contributed by atoms with Crippen molar-refractivity contribution in [1.82, 2.24) is 0 Å². The molecule has 0 radical (unpaired) electrons. The van der Waals surface area contributed by atoms with Crippen LogP contribution < -0.4 is 10.4 Å². The minimum absolute atomic E-state index is 1.24. The van der Waals surface area contributed by atoms with E-state index in [2.05, 4.69) is 37.0 Å². The van der Waals surface area contributed by atoms with Gasteiger partial charge < -0.3 is 4.90 Å². The maximum Gasteiger partial charge on any atom is 0.139 e. The van der Waals surface area contributed by atoms with E-state index in [0.717, 1.165) is 0 Å². The van der Waals surface area contributed by atoms with Gasteiger partial charge in [0.1, 0.15) is 7.85 Å². The van der Waals surface area contributed by atoms with Crippen LogP contribution in [0.1, 0.15) is 12.8 Å². The summed E-state index contributed by atoms with van der Waals surface area (Å²) in [5.41, 5.74) is 2.76. The maximum atomic E-state index is 2.47. The Morgan fingerprint density at radius 3 is 2.58 bits per heavy atom. The lowest BCUT2D eigenvalue weighted by molar-refractivity contribution is 0.949. The summed E-state index contributed by atoms with van der Waals surface area (Å²) in [4.78, 5) is 2.47. The zero-order chi connectivity index (χ0) is 8.39. The van der Waals surface area contributed by atoms with E-state index in [1.807, 2.05) is 0 Å². The van der Waals surface area contributed by atoms with Gasteiger partial charge in [-0.3, -0.25) is 0 Å². The predicted molar refractivity (Wildman–Crippen MR) is 56.1 cm³/mol. The Morgan fingerprint density at radius 1 is 1.17 bits per heavy atom. The molecule has 1 aromatic carbocycles. The van der Waals surface area contributed by atoms with E-state index in [-0.39, 0.29) is 0 Å². The van der Waals surface area contributed by atoms with Crippen molar-refractivity contribution in [3.05, 3.63) is 24.3 Å². The summed E-state index contributed by atoms with van der Waals surface area (Å²) >= 11 is 0. The van der Waals surface area contributed by atoms with E-state index in [9.17, 15) is 0 Å². The van der Waals surface area contributed by atoms with Crippen LogP contribution in [0.4, 0.5) is 5.69 Å². The van der Waals surface area contributed by atoms with Gasteiger partial charge in [-0.05, 0) is 25.0 Å². The molecule has 0 amide bonds. The monoisotopic (exact) mass is 159 g/mol. The molecule has 2 heteroatoms. The molecule has 0 unspecified atom stereocenters. The van der Waals surface area contributed by atoms with Crippen LogP contribution in [0.15, 0.2) is 24.3 Å². The van der Waals surface area contributed by atoms with Crippen LogP contribution in [0.2, 0.25) is 0 Å². The molecule has 0 bridgehead atoms. The van der Waals surface area contributed by atoms with Gasteiger partial charge in [-0.15, -0.1) is 0 Å². The van der Waals surface area contributed by atoms with Gasteiger partial charge in [-0.2, -0.15) is 0 Å². The van der Waals surface area contributed by atoms with Crippen molar-refractivity contribution in [3.63, 3.8) is 0 Å². The van der Waals surface area contributed by atoms with Gasteiger partial charge in [0.15, 0.2) is 0 Å². The second-order valence-corrected chi connectivity index (χ2v) is 3.53. The SMILES string of the molecule is Bc1cccc(N2CCCC2)c1. The molecule has 1 saturated heterocycles. The number of hydrogen-bond acceptors (Lipinski definition) is 1. The Balaban J connectivity index is 2.21. The highest BCUT2D eigenvalue weighted by atomic mass is 15.1. The number of hydrogen-bond donors (Lipinski definition) is 0.